The lowest BCUT2D eigenvalue weighted by atomic mass is 10.1. The van der Waals surface area contributed by atoms with Crippen molar-refractivity contribution in [2.24, 2.45) is 5.73 Å². The molecule has 0 saturated heterocycles. The molecule has 0 aliphatic rings. The summed E-state index contributed by atoms with van der Waals surface area (Å²) in [6.45, 7) is -0.455. The summed E-state index contributed by atoms with van der Waals surface area (Å²) in [7, 11) is 3.20. The zero-order chi connectivity index (χ0) is 18.2. The Morgan fingerprint density at radius 2 is 1.54 bits per heavy atom. The third-order valence-electron chi connectivity index (χ3n) is 3.44. The Hall–Kier alpha value is -2.54. The summed E-state index contributed by atoms with van der Waals surface area (Å²) in [5.41, 5.74) is 7.25. The third kappa shape index (κ3) is 6.07. The van der Waals surface area contributed by atoms with Crippen LogP contribution in [-0.2, 0) is 4.79 Å². The van der Waals surface area contributed by atoms with Gasteiger partial charge >= 0.3 is 5.97 Å². The van der Waals surface area contributed by atoms with Crippen LogP contribution in [0.25, 0.3) is 12.2 Å². The number of carbonyl (C=O) groups is 1. The number of aliphatic hydroxyl groups is 1. The predicted octanol–water partition coefficient (Wildman–Crippen LogP) is 2.52. The number of nitrogens with two attached hydrogens (primary N) is 1. The van der Waals surface area contributed by atoms with Gasteiger partial charge in [0.15, 0.2) is 0 Å². The predicted molar refractivity (Wildman–Crippen MR) is 103 cm³/mol. The Labute approximate surface area is 158 Å². The Balaban J connectivity index is 0.00000338. The first-order chi connectivity index (χ1) is 12.0. The molecular formula is C19H22ClNO5. The van der Waals surface area contributed by atoms with E-state index in [1.807, 2.05) is 24.3 Å². The maximum Gasteiger partial charge on any atom is 0.330 e. The monoisotopic (exact) mass is 379 g/mol. The largest absolute Gasteiger partial charge is 0.497 e. The van der Waals surface area contributed by atoms with Gasteiger partial charge in [-0.3, -0.25) is 0 Å². The average Bonchev–Trinajstić information content (AvgIpc) is 2.66. The molecule has 2 aromatic rings. The number of benzene rings is 2. The maximum atomic E-state index is 11.5. The Morgan fingerprint density at radius 1 is 1.00 bits per heavy atom. The Morgan fingerprint density at radius 3 is 2.04 bits per heavy atom. The van der Waals surface area contributed by atoms with Crippen LogP contribution in [0.5, 0.6) is 17.2 Å². The van der Waals surface area contributed by atoms with E-state index < -0.39 is 18.6 Å². The Bertz CT molecular complexity index is 724. The molecule has 2 rings (SSSR count). The number of aliphatic hydroxyl groups excluding tert-OH is 1. The summed E-state index contributed by atoms with van der Waals surface area (Å²) >= 11 is 0. The van der Waals surface area contributed by atoms with Crippen molar-refractivity contribution < 1.29 is 24.1 Å². The van der Waals surface area contributed by atoms with Gasteiger partial charge in [-0.15, -0.1) is 12.4 Å². The lowest BCUT2D eigenvalue weighted by Gasteiger charge is -2.08. The van der Waals surface area contributed by atoms with Crippen LogP contribution in [0.1, 0.15) is 11.1 Å². The van der Waals surface area contributed by atoms with Gasteiger partial charge in [-0.2, -0.15) is 0 Å². The van der Waals surface area contributed by atoms with Crippen LogP contribution >= 0.6 is 12.4 Å². The van der Waals surface area contributed by atoms with Crippen molar-refractivity contribution in [3.63, 3.8) is 0 Å². The van der Waals surface area contributed by atoms with Crippen LogP contribution in [0, 0.1) is 0 Å². The number of esters is 1. The molecule has 0 amide bonds. The first-order valence-corrected chi connectivity index (χ1v) is 7.65. The molecule has 0 fully saturated rings. The van der Waals surface area contributed by atoms with E-state index in [-0.39, 0.29) is 12.4 Å². The second-order valence-corrected chi connectivity index (χ2v) is 5.26. The first-order valence-electron chi connectivity index (χ1n) is 7.65. The van der Waals surface area contributed by atoms with Gasteiger partial charge in [-0.1, -0.05) is 24.3 Å². The van der Waals surface area contributed by atoms with Crippen LogP contribution in [0.15, 0.2) is 42.5 Å². The molecule has 0 heterocycles. The molecule has 0 saturated carbocycles. The maximum absolute atomic E-state index is 11.5. The van der Waals surface area contributed by atoms with Crippen LogP contribution in [0.2, 0.25) is 0 Å². The van der Waals surface area contributed by atoms with E-state index in [2.05, 4.69) is 0 Å². The standard InChI is InChI=1S/C19H21NO5.ClH/c1-23-16-9-14(10-17(11-16)24-2)4-3-13-5-7-15(8-6-13)25-19(22)18(20)12-21;/h3-11,18,21H,12,20H2,1-2H3;1H/b4-3+;. The van der Waals surface area contributed by atoms with E-state index in [0.29, 0.717) is 17.2 Å². The molecule has 0 spiro atoms. The van der Waals surface area contributed by atoms with Gasteiger partial charge in [0.2, 0.25) is 0 Å². The van der Waals surface area contributed by atoms with Crippen LogP contribution in [0.4, 0.5) is 0 Å². The van der Waals surface area contributed by atoms with E-state index in [4.69, 9.17) is 25.1 Å². The fraction of sp³-hybridized carbons (Fsp3) is 0.211. The zero-order valence-electron chi connectivity index (χ0n) is 14.5. The number of carbonyl (C=O) groups excluding carboxylic acids is 1. The van der Waals surface area contributed by atoms with E-state index >= 15 is 0 Å². The highest BCUT2D eigenvalue weighted by Crippen LogP contribution is 2.24. The van der Waals surface area contributed by atoms with Gasteiger partial charge in [-0.05, 0) is 35.4 Å². The Kier molecular flexibility index (Phi) is 8.64. The fourth-order valence-corrected chi connectivity index (χ4v) is 2.03. The number of hydrogen-bond donors (Lipinski definition) is 2. The molecule has 3 N–H and O–H groups in total. The smallest absolute Gasteiger partial charge is 0.330 e. The van der Waals surface area contributed by atoms with Crippen molar-refractivity contribution in [3.05, 3.63) is 53.6 Å². The molecule has 7 heteroatoms. The summed E-state index contributed by atoms with van der Waals surface area (Å²) in [5.74, 6) is 1.12. The molecule has 0 bridgehead atoms. The molecule has 140 valence electrons. The van der Waals surface area contributed by atoms with E-state index in [1.165, 1.54) is 0 Å². The molecule has 0 aliphatic carbocycles. The van der Waals surface area contributed by atoms with Gasteiger partial charge in [0.25, 0.3) is 0 Å². The highest BCUT2D eigenvalue weighted by molar-refractivity contribution is 5.85. The van der Waals surface area contributed by atoms with E-state index in [1.54, 1.807) is 44.6 Å². The quantitative estimate of drug-likeness (QED) is 0.436. The first kappa shape index (κ1) is 21.5. The molecule has 0 aliphatic heterocycles. The summed E-state index contributed by atoms with van der Waals surface area (Å²) < 4.78 is 15.5. The van der Waals surface area contributed by atoms with Gasteiger partial charge in [0.1, 0.15) is 23.3 Å². The minimum atomic E-state index is -1.04. The van der Waals surface area contributed by atoms with Crippen LogP contribution in [0.3, 0.4) is 0 Å². The molecule has 2 aromatic carbocycles. The number of hydrogen-bond acceptors (Lipinski definition) is 6. The molecule has 0 aromatic heterocycles. The van der Waals surface area contributed by atoms with Crippen molar-refractivity contribution in [3.8, 4) is 17.2 Å². The summed E-state index contributed by atoms with van der Waals surface area (Å²) in [4.78, 5) is 11.5. The van der Waals surface area contributed by atoms with E-state index in [0.717, 1.165) is 11.1 Å². The van der Waals surface area contributed by atoms with E-state index in [9.17, 15) is 4.79 Å². The molecule has 1 atom stereocenters. The van der Waals surface area contributed by atoms with Gasteiger partial charge in [0.05, 0.1) is 20.8 Å². The summed E-state index contributed by atoms with van der Waals surface area (Å²) in [6, 6.07) is 11.5. The molecule has 26 heavy (non-hydrogen) atoms. The highest BCUT2D eigenvalue weighted by Gasteiger charge is 2.14. The van der Waals surface area contributed by atoms with Crippen LogP contribution < -0.4 is 19.9 Å². The third-order valence-corrected chi connectivity index (χ3v) is 3.44. The lowest BCUT2D eigenvalue weighted by Crippen LogP contribution is -2.37. The van der Waals surface area contributed by atoms with Gasteiger partial charge < -0.3 is 25.1 Å². The fourth-order valence-electron chi connectivity index (χ4n) is 2.03. The SMILES string of the molecule is COc1cc(/C=C/c2ccc(OC(=O)C(N)CO)cc2)cc(OC)c1.Cl. The molecular weight excluding hydrogens is 358 g/mol. The minimum Gasteiger partial charge on any atom is -0.497 e. The molecule has 0 radical (unpaired) electrons. The highest BCUT2D eigenvalue weighted by atomic mass is 35.5. The average molecular weight is 380 g/mol. The second kappa shape index (κ2) is 10.5. The number of methoxy groups -OCH3 is 2. The van der Waals surface area contributed by atoms with Crippen molar-refractivity contribution in [1.82, 2.24) is 0 Å². The summed E-state index contributed by atoms with van der Waals surface area (Å²) in [5, 5.41) is 8.83. The van der Waals surface area contributed by atoms with Gasteiger partial charge in [-0.25, -0.2) is 4.79 Å². The van der Waals surface area contributed by atoms with Crippen molar-refractivity contribution in [2.75, 3.05) is 20.8 Å². The number of halogens is 1. The van der Waals surface area contributed by atoms with Gasteiger partial charge in [0, 0.05) is 6.07 Å². The molecule has 6 nitrogen and oxygen atoms in total. The zero-order valence-corrected chi connectivity index (χ0v) is 15.4. The summed E-state index contributed by atoms with van der Waals surface area (Å²) in [6.07, 6.45) is 3.84. The number of rotatable bonds is 7. The lowest BCUT2D eigenvalue weighted by molar-refractivity contribution is -0.136. The topological polar surface area (TPSA) is 91.0 Å². The molecule has 1 unspecified atom stereocenters. The minimum absolute atomic E-state index is 0. The number of ether oxygens (including phenoxy) is 3. The van der Waals surface area contributed by atoms with Crippen molar-refractivity contribution >= 4 is 30.5 Å². The van der Waals surface area contributed by atoms with Crippen LogP contribution in [-0.4, -0.2) is 37.9 Å². The van der Waals surface area contributed by atoms with Crippen molar-refractivity contribution in [2.45, 2.75) is 6.04 Å². The normalized spacial score (nSPS) is 11.5. The second-order valence-electron chi connectivity index (χ2n) is 5.26. The van der Waals surface area contributed by atoms with Crippen molar-refractivity contribution in [1.29, 1.82) is 0 Å².